The lowest BCUT2D eigenvalue weighted by Gasteiger charge is -2.32. The maximum atomic E-state index is 13.5. The van der Waals surface area contributed by atoms with E-state index in [4.69, 9.17) is 0 Å². The van der Waals surface area contributed by atoms with Crippen molar-refractivity contribution in [3.05, 3.63) is 16.6 Å². The van der Waals surface area contributed by atoms with Crippen molar-refractivity contribution in [1.29, 1.82) is 0 Å². The second-order valence-electron chi connectivity index (χ2n) is 8.29. The Bertz CT molecular complexity index is 744. The SMILES string of the molecule is CC(C)C(=O)N1C[C@H]2CN(C(=O)c3cscn3)C[C@@]2(C(=O)N2CCCC2)C1. The lowest BCUT2D eigenvalue weighted by atomic mass is 9.79. The van der Waals surface area contributed by atoms with Gasteiger partial charge in [-0.15, -0.1) is 11.3 Å². The summed E-state index contributed by atoms with van der Waals surface area (Å²) in [5.74, 6) is 0.0142. The van der Waals surface area contributed by atoms with Gasteiger partial charge in [-0.25, -0.2) is 4.98 Å². The summed E-state index contributed by atoms with van der Waals surface area (Å²) >= 11 is 1.39. The quantitative estimate of drug-likeness (QED) is 0.780. The number of rotatable bonds is 3. The van der Waals surface area contributed by atoms with Crippen molar-refractivity contribution in [3.8, 4) is 0 Å². The summed E-state index contributed by atoms with van der Waals surface area (Å²) in [6, 6.07) is 0. The van der Waals surface area contributed by atoms with Crippen LogP contribution in [0.3, 0.4) is 0 Å². The van der Waals surface area contributed by atoms with Crippen LogP contribution in [0.4, 0.5) is 0 Å². The zero-order valence-electron chi connectivity index (χ0n) is 15.9. The van der Waals surface area contributed by atoms with Crippen molar-refractivity contribution in [1.82, 2.24) is 19.7 Å². The summed E-state index contributed by atoms with van der Waals surface area (Å²) in [7, 11) is 0. The van der Waals surface area contributed by atoms with Crippen molar-refractivity contribution in [2.45, 2.75) is 26.7 Å². The fourth-order valence-electron chi connectivity index (χ4n) is 4.77. The van der Waals surface area contributed by atoms with Crippen molar-refractivity contribution in [2.24, 2.45) is 17.3 Å². The molecule has 3 amide bonds. The molecule has 4 rings (SSSR count). The Balaban J connectivity index is 1.60. The minimum atomic E-state index is -0.666. The van der Waals surface area contributed by atoms with Gasteiger partial charge in [-0.05, 0) is 12.8 Å². The van der Waals surface area contributed by atoms with Gasteiger partial charge in [0.25, 0.3) is 5.91 Å². The zero-order chi connectivity index (χ0) is 19.2. The fourth-order valence-corrected chi connectivity index (χ4v) is 5.30. The van der Waals surface area contributed by atoms with E-state index in [-0.39, 0.29) is 29.6 Å². The second kappa shape index (κ2) is 6.89. The first-order valence-corrected chi connectivity index (χ1v) is 10.6. The van der Waals surface area contributed by atoms with Gasteiger partial charge in [-0.2, -0.15) is 0 Å². The third kappa shape index (κ3) is 3.03. The van der Waals surface area contributed by atoms with E-state index in [1.807, 2.05) is 23.6 Å². The number of likely N-dealkylation sites (tertiary alicyclic amines) is 3. The van der Waals surface area contributed by atoms with Gasteiger partial charge in [-0.3, -0.25) is 14.4 Å². The number of amides is 3. The summed E-state index contributed by atoms with van der Waals surface area (Å²) in [6.45, 7) is 7.22. The molecular formula is C19H26N4O3S. The van der Waals surface area contributed by atoms with Gasteiger partial charge < -0.3 is 14.7 Å². The molecule has 7 nitrogen and oxygen atoms in total. The Morgan fingerprint density at radius 3 is 2.41 bits per heavy atom. The van der Waals surface area contributed by atoms with Gasteiger partial charge >= 0.3 is 0 Å². The first-order chi connectivity index (χ1) is 12.9. The van der Waals surface area contributed by atoms with Gasteiger partial charge in [-0.1, -0.05) is 13.8 Å². The van der Waals surface area contributed by atoms with Crippen molar-refractivity contribution >= 4 is 29.1 Å². The van der Waals surface area contributed by atoms with Gasteiger partial charge in [0, 0.05) is 56.5 Å². The number of thiazole rings is 1. The lowest BCUT2D eigenvalue weighted by molar-refractivity contribution is -0.141. The van der Waals surface area contributed by atoms with Gasteiger partial charge in [0.05, 0.1) is 10.9 Å². The van der Waals surface area contributed by atoms with Crippen LogP contribution in [0.2, 0.25) is 0 Å². The van der Waals surface area contributed by atoms with E-state index < -0.39 is 5.41 Å². The normalized spacial score (nSPS) is 27.5. The number of carbonyl (C=O) groups is 3. The minimum Gasteiger partial charge on any atom is -0.342 e. The third-order valence-electron chi connectivity index (χ3n) is 6.17. The molecule has 3 fully saturated rings. The highest BCUT2D eigenvalue weighted by Crippen LogP contribution is 2.45. The molecule has 3 saturated heterocycles. The van der Waals surface area contributed by atoms with Gasteiger partial charge in [0.1, 0.15) is 5.69 Å². The Hall–Kier alpha value is -1.96. The summed E-state index contributed by atoms with van der Waals surface area (Å²) in [5.41, 5.74) is 1.43. The van der Waals surface area contributed by atoms with Gasteiger partial charge in [0.15, 0.2) is 0 Å². The predicted molar refractivity (Wildman–Crippen MR) is 101 cm³/mol. The monoisotopic (exact) mass is 390 g/mol. The topological polar surface area (TPSA) is 73.8 Å². The van der Waals surface area contributed by atoms with Crippen molar-refractivity contribution < 1.29 is 14.4 Å². The molecule has 0 bridgehead atoms. The first kappa shape index (κ1) is 18.4. The maximum Gasteiger partial charge on any atom is 0.273 e. The molecule has 8 heteroatoms. The van der Waals surface area contributed by atoms with Crippen LogP contribution in [-0.4, -0.2) is 76.7 Å². The van der Waals surface area contributed by atoms with Crippen molar-refractivity contribution in [2.75, 3.05) is 39.3 Å². The summed E-state index contributed by atoms with van der Waals surface area (Å²) in [4.78, 5) is 48.6. The van der Waals surface area contributed by atoms with Gasteiger partial charge in [0.2, 0.25) is 11.8 Å². The van der Waals surface area contributed by atoms with Crippen molar-refractivity contribution in [3.63, 3.8) is 0 Å². The molecular weight excluding hydrogens is 364 g/mol. The highest BCUT2D eigenvalue weighted by Gasteiger charge is 2.60. The van der Waals surface area contributed by atoms with E-state index in [1.165, 1.54) is 11.3 Å². The number of hydrogen-bond acceptors (Lipinski definition) is 5. The molecule has 0 N–H and O–H groups in total. The number of fused-ring (bicyclic) bond motifs is 1. The highest BCUT2D eigenvalue weighted by molar-refractivity contribution is 7.07. The number of hydrogen-bond donors (Lipinski definition) is 0. The van der Waals surface area contributed by atoms with Crippen LogP contribution in [0.5, 0.6) is 0 Å². The molecule has 1 aromatic heterocycles. The standard InChI is InChI=1S/C19H26N4O3S/c1-13(2)16(24)22-7-14-8-23(17(25)15-9-27-12-20-15)11-19(14,10-22)18(26)21-5-3-4-6-21/h9,12-14H,3-8,10-11H2,1-2H3/t14-,19-/m0/s1. The zero-order valence-corrected chi connectivity index (χ0v) is 16.7. The fraction of sp³-hybridized carbons (Fsp3) is 0.684. The molecule has 0 saturated carbocycles. The van der Waals surface area contributed by atoms with E-state index in [9.17, 15) is 14.4 Å². The van der Waals surface area contributed by atoms with E-state index in [1.54, 1.807) is 15.8 Å². The Kier molecular flexibility index (Phi) is 4.70. The average molecular weight is 391 g/mol. The molecule has 0 aromatic carbocycles. The summed E-state index contributed by atoms with van der Waals surface area (Å²) < 4.78 is 0. The van der Waals surface area contributed by atoms with E-state index in [0.717, 1.165) is 25.9 Å². The molecule has 27 heavy (non-hydrogen) atoms. The van der Waals surface area contributed by atoms with Crippen LogP contribution in [0.15, 0.2) is 10.9 Å². The van der Waals surface area contributed by atoms with E-state index in [0.29, 0.717) is 31.9 Å². The number of nitrogens with zero attached hydrogens (tertiary/aromatic N) is 4. The highest BCUT2D eigenvalue weighted by atomic mass is 32.1. The molecule has 3 aliphatic heterocycles. The van der Waals surface area contributed by atoms with E-state index >= 15 is 0 Å². The number of carbonyl (C=O) groups excluding carboxylic acids is 3. The molecule has 4 heterocycles. The molecule has 3 aliphatic rings. The molecule has 0 radical (unpaired) electrons. The molecule has 1 aromatic rings. The third-order valence-corrected chi connectivity index (χ3v) is 6.76. The maximum absolute atomic E-state index is 13.5. The van der Waals surface area contributed by atoms with E-state index in [2.05, 4.69) is 4.98 Å². The minimum absolute atomic E-state index is 0.00381. The van der Waals surface area contributed by atoms with Crippen LogP contribution in [0.1, 0.15) is 37.2 Å². The largest absolute Gasteiger partial charge is 0.342 e. The molecule has 0 aliphatic carbocycles. The van der Waals surface area contributed by atoms with Crippen LogP contribution < -0.4 is 0 Å². The summed E-state index contributed by atoms with van der Waals surface area (Å²) in [5, 5.41) is 1.75. The summed E-state index contributed by atoms with van der Waals surface area (Å²) in [6.07, 6.45) is 2.06. The van der Waals surface area contributed by atoms with Crippen LogP contribution >= 0.6 is 11.3 Å². The molecule has 2 atom stereocenters. The van der Waals surface area contributed by atoms with Crippen LogP contribution in [0.25, 0.3) is 0 Å². The first-order valence-electron chi connectivity index (χ1n) is 9.68. The molecule has 0 spiro atoms. The molecule has 0 unspecified atom stereocenters. The second-order valence-corrected chi connectivity index (χ2v) is 9.00. The average Bonchev–Trinajstić information content (AvgIpc) is 3.43. The smallest absolute Gasteiger partial charge is 0.273 e. The lowest BCUT2D eigenvalue weighted by Crippen LogP contribution is -2.49. The predicted octanol–water partition coefficient (Wildman–Crippen LogP) is 1.32. The Morgan fingerprint density at radius 1 is 1.11 bits per heavy atom. The Morgan fingerprint density at radius 2 is 1.78 bits per heavy atom. The number of aromatic nitrogens is 1. The Labute approximate surface area is 163 Å². The molecule has 146 valence electrons. The van der Waals surface area contributed by atoms with Crippen LogP contribution in [0, 0.1) is 17.3 Å². The van der Waals surface area contributed by atoms with Crippen LogP contribution in [-0.2, 0) is 9.59 Å².